The number of amides is 2. The second kappa shape index (κ2) is 8.16. The number of benzene rings is 1. The molecule has 2 amide bonds. The Labute approximate surface area is 152 Å². The molecule has 6 heteroatoms. The maximum absolute atomic E-state index is 12.0. The van der Waals surface area contributed by atoms with Crippen LogP contribution >= 0.6 is 11.3 Å². The molecule has 2 heterocycles. The molecular weight excluding hydrogens is 332 g/mol. The molecule has 0 bridgehead atoms. The number of nitrogens with zero attached hydrogens (tertiary/aromatic N) is 2. The van der Waals surface area contributed by atoms with Crippen LogP contribution in [-0.4, -0.2) is 28.2 Å². The number of thiophene rings is 1. The summed E-state index contributed by atoms with van der Waals surface area (Å²) in [5.41, 5.74) is 2.17. The van der Waals surface area contributed by atoms with Crippen LogP contribution < -0.4 is 10.6 Å². The lowest BCUT2D eigenvalue weighted by molar-refractivity contribution is 0.237. The molecule has 1 aromatic carbocycles. The Kier molecular flexibility index (Phi) is 5.71. The molecule has 25 heavy (non-hydrogen) atoms. The molecule has 132 valence electrons. The van der Waals surface area contributed by atoms with Gasteiger partial charge in [0.25, 0.3) is 0 Å². The van der Waals surface area contributed by atoms with Crippen LogP contribution in [0.1, 0.15) is 24.0 Å². The van der Waals surface area contributed by atoms with Gasteiger partial charge in [-0.3, -0.25) is 0 Å². The van der Waals surface area contributed by atoms with Crippen molar-refractivity contribution in [2.75, 3.05) is 6.54 Å². The normalized spacial score (nSPS) is 12.2. The van der Waals surface area contributed by atoms with Gasteiger partial charge in [0.05, 0.1) is 11.0 Å². The van der Waals surface area contributed by atoms with Gasteiger partial charge in [-0.05, 0) is 43.8 Å². The number of hydrogen-bond acceptors (Lipinski definition) is 3. The van der Waals surface area contributed by atoms with Crippen molar-refractivity contribution < 1.29 is 4.79 Å². The molecule has 0 aliphatic rings. The minimum absolute atomic E-state index is 0.101. The quantitative estimate of drug-likeness (QED) is 0.634. The summed E-state index contributed by atoms with van der Waals surface area (Å²) < 4.78 is 2.20. The van der Waals surface area contributed by atoms with Gasteiger partial charge in [0.2, 0.25) is 0 Å². The van der Waals surface area contributed by atoms with Crippen LogP contribution in [-0.2, 0) is 13.0 Å². The second-order valence-corrected chi connectivity index (χ2v) is 7.27. The monoisotopic (exact) mass is 356 g/mol. The number of para-hydroxylation sites is 2. The molecular formula is C19H24N4OS. The highest BCUT2D eigenvalue weighted by atomic mass is 32.1. The Morgan fingerprint density at radius 2 is 2.12 bits per heavy atom. The number of nitrogens with one attached hydrogen (secondary N) is 2. The van der Waals surface area contributed by atoms with E-state index < -0.39 is 0 Å². The predicted molar refractivity (Wildman–Crippen MR) is 103 cm³/mol. The molecule has 0 spiro atoms. The van der Waals surface area contributed by atoms with E-state index in [1.54, 1.807) is 11.3 Å². The Hall–Kier alpha value is -2.34. The summed E-state index contributed by atoms with van der Waals surface area (Å²) in [5.74, 6) is 1.01. The Morgan fingerprint density at radius 3 is 2.92 bits per heavy atom. The van der Waals surface area contributed by atoms with Gasteiger partial charge < -0.3 is 15.2 Å². The highest BCUT2D eigenvalue weighted by molar-refractivity contribution is 7.09. The number of urea groups is 1. The molecule has 0 aliphatic carbocycles. The number of rotatable bonds is 7. The van der Waals surface area contributed by atoms with Crippen molar-refractivity contribution in [1.29, 1.82) is 0 Å². The number of carbonyl (C=O) groups is 1. The summed E-state index contributed by atoms with van der Waals surface area (Å²) in [6.07, 6.45) is 1.74. The lowest BCUT2D eigenvalue weighted by Gasteiger charge is -2.14. The van der Waals surface area contributed by atoms with Crippen LogP contribution in [0, 0.1) is 6.92 Å². The third-order valence-electron chi connectivity index (χ3n) is 4.15. The zero-order valence-electron chi connectivity index (χ0n) is 14.7. The van der Waals surface area contributed by atoms with E-state index in [0.717, 1.165) is 36.2 Å². The van der Waals surface area contributed by atoms with Crippen molar-refractivity contribution in [2.45, 2.75) is 39.3 Å². The van der Waals surface area contributed by atoms with Crippen molar-refractivity contribution in [1.82, 2.24) is 20.2 Å². The minimum Gasteiger partial charge on any atom is -0.338 e. The van der Waals surface area contributed by atoms with Crippen LogP contribution in [0.5, 0.6) is 0 Å². The standard InChI is InChI=1S/C19H24N4OS/c1-14(13-16-7-5-12-25-16)21-19(24)20-10-6-11-23-15(2)22-17-8-3-4-9-18(17)23/h3-5,7-9,12,14H,6,10-11,13H2,1-2H3,(H2,20,21,24). The van der Waals surface area contributed by atoms with E-state index in [1.165, 1.54) is 4.88 Å². The molecule has 3 rings (SSSR count). The Bertz CT molecular complexity index is 825. The summed E-state index contributed by atoms with van der Waals surface area (Å²) in [4.78, 5) is 17.8. The van der Waals surface area contributed by atoms with E-state index in [2.05, 4.69) is 37.7 Å². The van der Waals surface area contributed by atoms with Gasteiger partial charge in [-0.25, -0.2) is 9.78 Å². The number of aryl methyl sites for hydroxylation is 2. The van der Waals surface area contributed by atoms with Gasteiger partial charge in [0.15, 0.2) is 0 Å². The van der Waals surface area contributed by atoms with Gasteiger partial charge >= 0.3 is 6.03 Å². The summed E-state index contributed by atoms with van der Waals surface area (Å²) in [6, 6.07) is 12.3. The molecule has 0 saturated carbocycles. The summed E-state index contributed by atoms with van der Waals surface area (Å²) in [6.45, 7) is 5.54. The van der Waals surface area contributed by atoms with E-state index in [4.69, 9.17) is 0 Å². The van der Waals surface area contributed by atoms with Gasteiger partial charge in [0.1, 0.15) is 5.82 Å². The number of hydrogen-bond donors (Lipinski definition) is 2. The third-order valence-corrected chi connectivity index (χ3v) is 5.05. The average Bonchev–Trinajstić information content (AvgIpc) is 3.19. The smallest absolute Gasteiger partial charge is 0.315 e. The SMILES string of the molecule is Cc1nc2ccccc2n1CCCNC(=O)NC(C)Cc1cccs1. The first-order valence-electron chi connectivity index (χ1n) is 8.62. The zero-order chi connectivity index (χ0) is 17.6. The van der Waals surface area contributed by atoms with Crippen molar-refractivity contribution >= 4 is 28.4 Å². The Balaban J connectivity index is 1.42. The lowest BCUT2D eigenvalue weighted by Crippen LogP contribution is -2.42. The number of fused-ring (bicyclic) bond motifs is 1. The minimum atomic E-state index is -0.101. The maximum Gasteiger partial charge on any atom is 0.315 e. The number of carbonyl (C=O) groups excluding carboxylic acids is 1. The summed E-state index contributed by atoms with van der Waals surface area (Å²) in [5, 5.41) is 7.99. The number of imidazole rings is 1. The van der Waals surface area contributed by atoms with Crippen molar-refractivity contribution in [3.8, 4) is 0 Å². The summed E-state index contributed by atoms with van der Waals surface area (Å²) >= 11 is 1.72. The molecule has 0 saturated heterocycles. The van der Waals surface area contributed by atoms with Crippen molar-refractivity contribution in [3.63, 3.8) is 0 Å². The molecule has 0 radical (unpaired) electrons. The van der Waals surface area contributed by atoms with Crippen molar-refractivity contribution in [3.05, 3.63) is 52.5 Å². The first kappa shape index (κ1) is 17.5. The fourth-order valence-corrected chi connectivity index (χ4v) is 3.81. The first-order chi connectivity index (χ1) is 12.1. The van der Waals surface area contributed by atoms with Crippen LogP contribution in [0.25, 0.3) is 11.0 Å². The first-order valence-corrected chi connectivity index (χ1v) is 9.50. The van der Waals surface area contributed by atoms with E-state index in [1.807, 2.05) is 38.1 Å². The molecule has 1 unspecified atom stereocenters. The third kappa shape index (κ3) is 4.60. The van der Waals surface area contributed by atoms with E-state index in [-0.39, 0.29) is 12.1 Å². The van der Waals surface area contributed by atoms with E-state index in [9.17, 15) is 4.79 Å². The molecule has 0 aliphatic heterocycles. The van der Waals surface area contributed by atoms with Gasteiger partial charge in [-0.2, -0.15) is 0 Å². The second-order valence-electron chi connectivity index (χ2n) is 6.24. The topological polar surface area (TPSA) is 59.0 Å². The van der Waals surface area contributed by atoms with Crippen LogP contribution in [0.3, 0.4) is 0 Å². The van der Waals surface area contributed by atoms with Crippen LogP contribution in [0.2, 0.25) is 0 Å². The molecule has 0 fully saturated rings. The average molecular weight is 356 g/mol. The molecule has 2 N–H and O–H groups in total. The van der Waals surface area contributed by atoms with E-state index in [0.29, 0.717) is 6.54 Å². The Morgan fingerprint density at radius 1 is 1.28 bits per heavy atom. The summed E-state index contributed by atoms with van der Waals surface area (Å²) in [7, 11) is 0. The van der Waals surface area contributed by atoms with Crippen LogP contribution in [0.4, 0.5) is 4.79 Å². The zero-order valence-corrected chi connectivity index (χ0v) is 15.5. The lowest BCUT2D eigenvalue weighted by atomic mass is 10.2. The predicted octanol–water partition coefficient (Wildman–Crippen LogP) is 3.73. The molecule has 2 aromatic heterocycles. The van der Waals surface area contributed by atoms with Gasteiger partial charge in [-0.15, -0.1) is 11.3 Å². The molecule has 5 nitrogen and oxygen atoms in total. The highest BCUT2D eigenvalue weighted by Crippen LogP contribution is 2.15. The van der Waals surface area contributed by atoms with E-state index >= 15 is 0 Å². The van der Waals surface area contributed by atoms with Crippen LogP contribution in [0.15, 0.2) is 41.8 Å². The maximum atomic E-state index is 12.0. The van der Waals surface area contributed by atoms with Gasteiger partial charge in [0, 0.05) is 30.4 Å². The van der Waals surface area contributed by atoms with Crippen molar-refractivity contribution in [2.24, 2.45) is 0 Å². The molecule has 3 aromatic rings. The fraction of sp³-hybridized carbons (Fsp3) is 0.368. The highest BCUT2D eigenvalue weighted by Gasteiger charge is 2.09. The largest absolute Gasteiger partial charge is 0.338 e. The number of aromatic nitrogens is 2. The van der Waals surface area contributed by atoms with Gasteiger partial charge in [-0.1, -0.05) is 18.2 Å². The molecule has 1 atom stereocenters. The fourth-order valence-electron chi connectivity index (χ4n) is 2.97.